The SMILES string of the molecule is CONC(=O)NCc1cc(C(F)(F)F)nn1-c1cccc(Cl)c1. The van der Waals surface area contributed by atoms with Gasteiger partial charge in [-0.2, -0.15) is 18.3 Å². The van der Waals surface area contributed by atoms with Crippen molar-refractivity contribution in [3.8, 4) is 5.69 Å². The third kappa shape index (κ3) is 4.36. The van der Waals surface area contributed by atoms with Gasteiger partial charge >= 0.3 is 12.2 Å². The van der Waals surface area contributed by atoms with Crippen molar-refractivity contribution in [2.24, 2.45) is 0 Å². The zero-order valence-corrected chi connectivity index (χ0v) is 12.6. The largest absolute Gasteiger partial charge is 0.435 e. The summed E-state index contributed by atoms with van der Waals surface area (Å²) in [5.41, 5.74) is 1.40. The smallest absolute Gasteiger partial charge is 0.331 e. The first-order valence-corrected chi connectivity index (χ1v) is 6.68. The maximum atomic E-state index is 12.9. The zero-order valence-electron chi connectivity index (χ0n) is 11.8. The number of nitrogens with zero attached hydrogens (tertiary/aromatic N) is 2. The van der Waals surface area contributed by atoms with Crippen LogP contribution in [-0.4, -0.2) is 22.9 Å². The molecule has 0 saturated carbocycles. The predicted molar refractivity (Wildman–Crippen MR) is 76.0 cm³/mol. The van der Waals surface area contributed by atoms with E-state index < -0.39 is 17.9 Å². The molecule has 0 aliphatic rings. The lowest BCUT2D eigenvalue weighted by atomic mass is 10.3. The average Bonchev–Trinajstić information content (AvgIpc) is 2.90. The molecule has 2 rings (SSSR count). The van der Waals surface area contributed by atoms with E-state index in [9.17, 15) is 18.0 Å². The van der Waals surface area contributed by atoms with Gasteiger partial charge in [0, 0.05) is 5.02 Å². The second kappa shape index (κ2) is 6.88. The maximum absolute atomic E-state index is 12.9. The number of carbonyl (C=O) groups is 1. The van der Waals surface area contributed by atoms with Crippen molar-refractivity contribution in [3.05, 3.63) is 46.7 Å². The molecule has 0 aliphatic carbocycles. The monoisotopic (exact) mass is 348 g/mol. The topological polar surface area (TPSA) is 68.2 Å². The van der Waals surface area contributed by atoms with Crippen LogP contribution in [0.5, 0.6) is 0 Å². The van der Waals surface area contributed by atoms with E-state index in [1.807, 2.05) is 5.48 Å². The van der Waals surface area contributed by atoms with Crippen LogP contribution in [0, 0.1) is 0 Å². The molecule has 2 N–H and O–H groups in total. The number of hydroxylamine groups is 1. The molecule has 2 amide bonds. The van der Waals surface area contributed by atoms with Gasteiger partial charge in [0.25, 0.3) is 0 Å². The number of halogens is 4. The number of amides is 2. The zero-order chi connectivity index (χ0) is 17.0. The fourth-order valence-corrected chi connectivity index (χ4v) is 2.00. The summed E-state index contributed by atoms with van der Waals surface area (Å²) in [6.45, 7) is -0.190. The van der Waals surface area contributed by atoms with Crippen molar-refractivity contribution < 1.29 is 22.8 Å². The molecular formula is C13H12ClF3N4O2. The highest BCUT2D eigenvalue weighted by Crippen LogP contribution is 2.29. The minimum atomic E-state index is -4.60. The number of alkyl halides is 3. The fourth-order valence-electron chi connectivity index (χ4n) is 1.82. The third-order valence-electron chi connectivity index (χ3n) is 2.75. The van der Waals surface area contributed by atoms with Crippen LogP contribution in [0.4, 0.5) is 18.0 Å². The minimum absolute atomic E-state index is 0.130. The minimum Gasteiger partial charge on any atom is -0.331 e. The molecule has 124 valence electrons. The highest BCUT2D eigenvalue weighted by molar-refractivity contribution is 6.30. The highest BCUT2D eigenvalue weighted by Gasteiger charge is 2.35. The van der Waals surface area contributed by atoms with Gasteiger partial charge in [0.05, 0.1) is 25.0 Å². The Morgan fingerprint density at radius 2 is 2.13 bits per heavy atom. The van der Waals surface area contributed by atoms with Gasteiger partial charge in [0.2, 0.25) is 0 Å². The Hall–Kier alpha value is -2.26. The van der Waals surface area contributed by atoms with Gasteiger partial charge in [0.15, 0.2) is 5.69 Å². The lowest BCUT2D eigenvalue weighted by Gasteiger charge is -2.09. The molecule has 0 bridgehead atoms. The quantitative estimate of drug-likeness (QED) is 0.835. The molecule has 1 heterocycles. The number of hydrogen-bond acceptors (Lipinski definition) is 3. The molecule has 0 atom stereocenters. The molecule has 2 aromatic rings. The van der Waals surface area contributed by atoms with Crippen molar-refractivity contribution in [2.75, 3.05) is 7.11 Å². The van der Waals surface area contributed by atoms with E-state index in [4.69, 9.17) is 11.6 Å². The van der Waals surface area contributed by atoms with Gasteiger partial charge in [-0.25, -0.2) is 15.0 Å². The van der Waals surface area contributed by atoms with Gasteiger partial charge in [-0.15, -0.1) is 0 Å². The van der Waals surface area contributed by atoms with E-state index in [0.29, 0.717) is 10.7 Å². The van der Waals surface area contributed by atoms with Gasteiger partial charge in [-0.05, 0) is 24.3 Å². The maximum Gasteiger partial charge on any atom is 0.435 e. The van der Waals surface area contributed by atoms with E-state index in [0.717, 1.165) is 10.7 Å². The number of benzene rings is 1. The lowest BCUT2D eigenvalue weighted by Crippen LogP contribution is -2.34. The molecule has 0 fully saturated rings. The molecule has 0 unspecified atom stereocenters. The Bertz CT molecular complexity index is 703. The Kier molecular flexibility index (Phi) is 5.12. The number of nitrogens with one attached hydrogen (secondary N) is 2. The van der Waals surface area contributed by atoms with Gasteiger partial charge in [-0.1, -0.05) is 17.7 Å². The molecule has 1 aromatic carbocycles. The molecule has 23 heavy (non-hydrogen) atoms. The van der Waals surface area contributed by atoms with Crippen LogP contribution >= 0.6 is 11.6 Å². The Balaban J connectivity index is 2.35. The molecule has 0 saturated heterocycles. The summed E-state index contributed by atoms with van der Waals surface area (Å²) >= 11 is 5.85. The van der Waals surface area contributed by atoms with Gasteiger partial charge in [-0.3, -0.25) is 4.84 Å². The van der Waals surface area contributed by atoms with Crippen LogP contribution in [-0.2, 0) is 17.6 Å². The second-order valence-electron chi connectivity index (χ2n) is 4.40. The van der Waals surface area contributed by atoms with Crippen molar-refractivity contribution >= 4 is 17.6 Å². The normalized spacial score (nSPS) is 11.3. The first kappa shape index (κ1) is 17.1. The van der Waals surface area contributed by atoms with E-state index in [1.54, 1.807) is 18.2 Å². The molecule has 1 aromatic heterocycles. The Labute approximate surface area is 134 Å². The average molecular weight is 349 g/mol. The Morgan fingerprint density at radius 1 is 1.39 bits per heavy atom. The molecule has 0 radical (unpaired) electrons. The van der Waals surface area contributed by atoms with Crippen LogP contribution in [0.1, 0.15) is 11.4 Å². The summed E-state index contributed by atoms with van der Waals surface area (Å²) in [7, 11) is 1.23. The predicted octanol–water partition coefficient (Wildman–Crippen LogP) is 2.91. The third-order valence-corrected chi connectivity index (χ3v) is 2.99. The number of carbonyl (C=O) groups excluding carboxylic acids is 1. The van der Waals surface area contributed by atoms with E-state index in [-0.39, 0.29) is 12.2 Å². The number of hydrogen-bond donors (Lipinski definition) is 2. The number of rotatable bonds is 4. The van der Waals surface area contributed by atoms with Crippen molar-refractivity contribution in [1.29, 1.82) is 0 Å². The van der Waals surface area contributed by atoms with Crippen molar-refractivity contribution in [2.45, 2.75) is 12.7 Å². The number of urea groups is 1. The van der Waals surface area contributed by atoms with E-state index >= 15 is 0 Å². The van der Waals surface area contributed by atoms with Crippen LogP contribution in [0.2, 0.25) is 5.02 Å². The summed E-state index contributed by atoms with van der Waals surface area (Å²) in [6, 6.07) is 6.35. The van der Waals surface area contributed by atoms with Crippen molar-refractivity contribution in [3.63, 3.8) is 0 Å². The van der Waals surface area contributed by atoms with E-state index in [1.165, 1.54) is 13.2 Å². The van der Waals surface area contributed by atoms with Crippen LogP contribution in [0.15, 0.2) is 30.3 Å². The summed E-state index contributed by atoms with van der Waals surface area (Å²) in [6.07, 6.45) is -4.60. The molecule has 6 nitrogen and oxygen atoms in total. The van der Waals surface area contributed by atoms with Crippen LogP contribution in [0.25, 0.3) is 5.69 Å². The summed E-state index contributed by atoms with van der Waals surface area (Å²) in [4.78, 5) is 15.7. The van der Waals surface area contributed by atoms with Gasteiger partial charge in [0.1, 0.15) is 0 Å². The first-order chi connectivity index (χ1) is 10.8. The lowest BCUT2D eigenvalue weighted by molar-refractivity contribution is -0.141. The summed E-state index contributed by atoms with van der Waals surface area (Å²) in [5.74, 6) is 0. The first-order valence-electron chi connectivity index (χ1n) is 6.30. The number of aromatic nitrogens is 2. The van der Waals surface area contributed by atoms with Crippen molar-refractivity contribution in [1.82, 2.24) is 20.6 Å². The summed E-state index contributed by atoms with van der Waals surface area (Å²) < 4.78 is 39.7. The molecule has 10 heteroatoms. The molecule has 0 aliphatic heterocycles. The Morgan fingerprint density at radius 3 is 2.74 bits per heavy atom. The standard InChI is InChI=1S/C13H12ClF3N4O2/c1-23-20-12(22)18-7-10-6-11(13(15,16)17)19-21(10)9-4-2-3-8(14)5-9/h2-6H,7H2,1H3,(H2,18,20,22). The highest BCUT2D eigenvalue weighted by atomic mass is 35.5. The fraction of sp³-hybridized carbons (Fsp3) is 0.231. The van der Waals surface area contributed by atoms with Gasteiger partial charge < -0.3 is 5.32 Å². The summed E-state index contributed by atoms with van der Waals surface area (Å²) in [5, 5.41) is 6.25. The molecule has 0 spiro atoms. The second-order valence-corrected chi connectivity index (χ2v) is 4.84. The van der Waals surface area contributed by atoms with E-state index in [2.05, 4.69) is 15.3 Å². The molecular weight excluding hydrogens is 337 g/mol. The van der Waals surface area contributed by atoms with Crippen LogP contribution in [0.3, 0.4) is 0 Å². The van der Waals surface area contributed by atoms with Crippen LogP contribution < -0.4 is 10.8 Å².